The maximum atomic E-state index is 10.4. The Morgan fingerprint density at radius 3 is 2.75 bits per heavy atom. The molecule has 1 atom stereocenters. The molecule has 0 amide bonds. The van der Waals surface area contributed by atoms with Crippen LogP contribution in [0.25, 0.3) is 0 Å². The number of carboxylic acid groups (broad SMARTS) is 1. The molecule has 0 saturated carbocycles. The second-order valence-electron chi connectivity index (χ2n) is 3.40. The van der Waals surface area contributed by atoms with Gasteiger partial charge in [0, 0.05) is 0 Å². The quantitative estimate of drug-likeness (QED) is 0.690. The molecule has 88 valence electrons. The van der Waals surface area contributed by atoms with Gasteiger partial charge >= 0.3 is 5.97 Å². The number of hydrogen-bond acceptors (Lipinski definition) is 4. The van der Waals surface area contributed by atoms with Crippen LogP contribution in [0.1, 0.15) is 12.0 Å². The summed E-state index contributed by atoms with van der Waals surface area (Å²) in [5, 5.41) is 26.9. The van der Waals surface area contributed by atoms with Gasteiger partial charge < -0.3 is 20.1 Å². The van der Waals surface area contributed by atoms with Crippen LogP contribution in [0.3, 0.4) is 0 Å². The van der Waals surface area contributed by atoms with Gasteiger partial charge in [0.2, 0.25) is 0 Å². The van der Waals surface area contributed by atoms with E-state index in [1.165, 1.54) is 13.2 Å². The van der Waals surface area contributed by atoms with Crippen LogP contribution >= 0.6 is 0 Å². The molecule has 16 heavy (non-hydrogen) atoms. The summed E-state index contributed by atoms with van der Waals surface area (Å²) < 4.78 is 4.91. The minimum Gasteiger partial charge on any atom is -0.504 e. The summed E-state index contributed by atoms with van der Waals surface area (Å²) in [6.07, 6.45) is -0.826. The summed E-state index contributed by atoms with van der Waals surface area (Å²) in [4.78, 5) is 10.4. The van der Waals surface area contributed by atoms with E-state index in [1.807, 2.05) is 0 Å². The van der Waals surface area contributed by atoms with Gasteiger partial charge in [0.1, 0.15) is 0 Å². The number of aromatic hydroxyl groups is 1. The molecule has 0 aliphatic heterocycles. The molecule has 0 spiro atoms. The van der Waals surface area contributed by atoms with E-state index in [9.17, 15) is 9.90 Å². The Bertz CT molecular complexity index is 375. The molecular weight excluding hydrogens is 212 g/mol. The van der Waals surface area contributed by atoms with E-state index in [2.05, 4.69) is 0 Å². The lowest BCUT2D eigenvalue weighted by atomic mass is 10.1. The normalized spacial score (nSPS) is 12.1. The zero-order valence-corrected chi connectivity index (χ0v) is 8.88. The standard InChI is InChI=1S/C11H14O5/c1-16-10-6-7(2-4-8(10)12)3-5-9(13)11(14)15/h2,4,6,9,12-13H,3,5H2,1H3,(H,14,15). The van der Waals surface area contributed by atoms with Gasteiger partial charge in [-0.15, -0.1) is 0 Å². The summed E-state index contributed by atoms with van der Waals surface area (Å²) in [6, 6.07) is 4.75. The smallest absolute Gasteiger partial charge is 0.332 e. The molecule has 3 N–H and O–H groups in total. The highest BCUT2D eigenvalue weighted by Crippen LogP contribution is 2.26. The third-order valence-electron chi connectivity index (χ3n) is 2.24. The van der Waals surface area contributed by atoms with Gasteiger partial charge in [-0.3, -0.25) is 0 Å². The maximum Gasteiger partial charge on any atom is 0.332 e. The number of aliphatic hydroxyl groups excluding tert-OH is 1. The number of benzene rings is 1. The van der Waals surface area contributed by atoms with E-state index < -0.39 is 12.1 Å². The highest BCUT2D eigenvalue weighted by Gasteiger charge is 2.13. The topological polar surface area (TPSA) is 87.0 Å². The van der Waals surface area contributed by atoms with Crippen LogP contribution in [0.15, 0.2) is 18.2 Å². The van der Waals surface area contributed by atoms with Gasteiger partial charge in [0.05, 0.1) is 7.11 Å². The summed E-state index contributed by atoms with van der Waals surface area (Å²) in [7, 11) is 1.44. The van der Waals surface area contributed by atoms with Crippen molar-refractivity contribution >= 4 is 5.97 Å². The molecule has 5 nitrogen and oxygen atoms in total. The van der Waals surface area contributed by atoms with E-state index >= 15 is 0 Å². The van der Waals surface area contributed by atoms with Crippen LogP contribution in [0, 0.1) is 0 Å². The van der Waals surface area contributed by atoms with Gasteiger partial charge in [-0.25, -0.2) is 4.79 Å². The van der Waals surface area contributed by atoms with Gasteiger partial charge in [-0.1, -0.05) is 6.07 Å². The number of carbonyl (C=O) groups is 1. The first-order valence-corrected chi connectivity index (χ1v) is 4.81. The Labute approximate surface area is 92.9 Å². The Morgan fingerprint density at radius 1 is 1.50 bits per heavy atom. The molecule has 0 saturated heterocycles. The van der Waals surface area contributed by atoms with Gasteiger partial charge in [0.15, 0.2) is 17.6 Å². The lowest BCUT2D eigenvalue weighted by Gasteiger charge is -2.08. The summed E-state index contributed by atoms with van der Waals surface area (Å²) in [6.45, 7) is 0. The van der Waals surface area contributed by atoms with E-state index in [4.69, 9.17) is 14.9 Å². The van der Waals surface area contributed by atoms with E-state index in [-0.39, 0.29) is 12.2 Å². The fourth-order valence-corrected chi connectivity index (χ4v) is 1.30. The molecule has 0 bridgehead atoms. The first-order valence-electron chi connectivity index (χ1n) is 4.81. The van der Waals surface area contributed by atoms with Crippen molar-refractivity contribution < 1.29 is 24.9 Å². The molecule has 1 aromatic rings. The number of hydrogen-bond donors (Lipinski definition) is 3. The second kappa shape index (κ2) is 5.37. The molecule has 0 aliphatic rings. The highest BCUT2D eigenvalue weighted by molar-refractivity contribution is 5.71. The average Bonchev–Trinajstić information content (AvgIpc) is 2.27. The van der Waals surface area contributed by atoms with Gasteiger partial charge in [0.25, 0.3) is 0 Å². The fourth-order valence-electron chi connectivity index (χ4n) is 1.30. The monoisotopic (exact) mass is 226 g/mol. The molecule has 0 aliphatic carbocycles. The maximum absolute atomic E-state index is 10.4. The van der Waals surface area contributed by atoms with Crippen molar-refractivity contribution in [1.29, 1.82) is 0 Å². The van der Waals surface area contributed by atoms with Crippen molar-refractivity contribution in [3.63, 3.8) is 0 Å². The van der Waals surface area contributed by atoms with Gasteiger partial charge in [-0.05, 0) is 30.5 Å². The fraction of sp³-hybridized carbons (Fsp3) is 0.364. The lowest BCUT2D eigenvalue weighted by Crippen LogP contribution is -2.19. The lowest BCUT2D eigenvalue weighted by molar-refractivity contribution is -0.146. The molecule has 0 radical (unpaired) electrons. The van der Waals surface area contributed by atoms with Crippen LogP contribution in [0.2, 0.25) is 0 Å². The Hall–Kier alpha value is -1.75. The van der Waals surface area contributed by atoms with E-state index in [0.29, 0.717) is 12.2 Å². The molecule has 1 rings (SSSR count). The Morgan fingerprint density at radius 2 is 2.19 bits per heavy atom. The number of aryl methyl sites for hydroxylation is 1. The molecule has 5 heteroatoms. The van der Waals surface area contributed by atoms with Crippen molar-refractivity contribution in [3.05, 3.63) is 23.8 Å². The average molecular weight is 226 g/mol. The number of aliphatic carboxylic acids is 1. The van der Waals surface area contributed by atoms with Crippen LogP contribution in [0.4, 0.5) is 0 Å². The van der Waals surface area contributed by atoms with Crippen molar-refractivity contribution in [2.45, 2.75) is 18.9 Å². The van der Waals surface area contributed by atoms with E-state index in [0.717, 1.165) is 5.56 Å². The third-order valence-corrected chi connectivity index (χ3v) is 2.24. The van der Waals surface area contributed by atoms with Crippen molar-refractivity contribution in [2.75, 3.05) is 7.11 Å². The number of methoxy groups -OCH3 is 1. The molecule has 0 aromatic heterocycles. The first kappa shape index (κ1) is 12.3. The second-order valence-corrected chi connectivity index (χ2v) is 3.40. The van der Waals surface area contributed by atoms with Crippen LogP contribution in [-0.4, -0.2) is 34.5 Å². The Kier molecular flexibility index (Phi) is 4.13. The number of rotatable bonds is 5. The number of ether oxygens (including phenoxy) is 1. The minimum atomic E-state index is -1.36. The van der Waals surface area contributed by atoms with Gasteiger partial charge in [-0.2, -0.15) is 0 Å². The SMILES string of the molecule is COc1cc(CCC(O)C(=O)O)ccc1O. The third kappa shape index (κ3) is 3.13. The number of phenols is 1. The molecular formula is C11H14O5. The Balaban J connectivity index is 2.64. The molecule has 1 aromatic carbocycles. The summed E-state index contributed by atoms with van der Waals surface area (Å²) >= 11 is 0. The largest absolute Gasteiger partial charge is 0.504 e. The minimum absolute atomic E-state index is 0.0324. The van der Waals surface area contributed by atoms with Crippen molar-refractivity contribution in [1.82, 2.24) is 0 Å². The number of carboxylic acids is 1. The van der Waals surface area contributed by atoms with E-state index in [1.54, 1.807) is 12.1 Å². The molecule has 0 fully saturated rings. The van der Waals surface area contributed by atoms with Crippen molar-refractivity contribution in [3.8, 4) is 11.5 Å². The van der Waals surface area contributed by atoms with Crippen LogP contribution in [-0.2, 0) is 11.2 Å². The first-order chi connectivity index (χ1) is 7.54. The van der Waals surface area contributed by atoms with Crippen LogP contribution < -0.4 is 4.74 Å². The zero-order valence-electron chi connectivity index (χ0n) is 8.88. The summed E-state index contributed by atoms with van der Waals surface area (Å²) in [5.74, 6) is -0.863. The highest BCUT2D eigenvalue weighted by atomic mass is 16.5. The predicted molar refractivity (Wildman–Crippen MR) is 56.6 cm³/mol. The van der Waals surface area contributed by atoms with Crippen molar-refractivity contribution in [2.24, 2.45) is 0 Å². The molecule has 0 heterocycles. The predicted octanol–water partition coefficient (Wildman–Crippen LogP) is 0.779. The number of aliphatic hydroxyl groups is 1. The number of phenolic OH excluding ortho intramolecular Hbond substituents is 1. The van der Waals surface area contributed by atoms with Crippen LogP contribution in [0.5, 0.6) is 11.5 Å². The summed E-state index contributed by atoms with van der Waals surface area (Å²) in [5.41, 5.74) is 0.801. The zero-order chi connectivity index (χ0) is 12.1. The molecule has 1 unspecified atom stereocenters.